The van der Waals surface area contributed by atoms with Crippen LogP contribution in [-0.2, 0) is 4.74 Å². The first kappa shape index (κ1) is 19.1. The summed E-state index contributed by atoms with van der Waals surface area (Å²) < 4.78 is 5.90. The third-order valence-corrected chi connectivity index (χ3v) is 7.45. The minimum absolute atomic E-state index is 0.0793. The normalized spacial score (nSPS) is 24.9. The molecular formula is C22H22N4O3S. The fourth-order valence-electron chi connectivity index (χ4n) is 4.77. The van der Waals surface area contributed by atoms with E-state index in [1.54, 1.807) is 11.3 Å². The molecule has 2 aliphatic rings. The molecule has 2 aromatic heterocycles. The number of ether oxygens (including phenoxy) is 1. The van der Waals surface area contributed by atoms with E-state index < -0.39 is 5.97 Å². The van der Waals surface area contributed by atoms with E-state index in [2.05, 4.69) is 45.1 Å². The van der Waals surface area contributed by atoms with Gasteiger partial charge < -0.3 is 10.1 Å². The number of hydrogen-bond donors (Lipinski definition) is 1. The number of nitrogens with zero attached hydrogens (tertiary/aromatic N) is 3. The summed E-state index contributed by atoms with van der Waals surface area (Å²) in [5, 5.41) is 4.27. The van der Waals surface area contributed by atoms with Gasteiger partial charge in [0.2, 0.25) is 0 Å². The van der Waals surface area contributed by atoms with Crippen LogP contribution in [0.4, 0.5) is 0 Å². The van der Waals surface area contributed by atoms with Gasteiger partial charge in [0.25, 0.3) is 5.91 Å². The van der Waals surface area contributed by atoms with Crippen LogP contribution in [0.25, 0.3) is 10.2 Å². The molecule has 5 rings (SSSR count). The summed E-state index contributed by atoms with van der Waals surface area (Å²) in [4.78, 5) is 36.7. The van der Waals surface area contributed by atoms with Gasteiger partial charge in [-0.2, -0.15) is 0 Å². The largest absolute Gasteiger partial charge is 0.464 e. The number of methoxy groups -OCH3 is 1. The molecule has 0 aliphatic heterocycles. The number of amides is 1. The summed E-state index contributed by atoms with van der Waals surface area (Å²) in [5.41, 5.74) is 2.94. The van der Waals surface area contributed by atoms with Crippen molar-refractivity contribution in [3.05, 3.63) is 52.6 Å². The molecule has 1 spiro atoms. The number of aryl methyl sites for hydroxylation is 1. The fourth-order valence-corrected chi connectivity index (χ4v) is 5.82. The highest BCUT2D eigenvalue weighted by Gasteiger charge is 2.54. The highest BCUT2D eigenvalue weighted by molar-refractivity contribution is 7.18. The number of nitrogens with one attached hydrogen (secondary N) is 1. The Morgan fingerprint density at radius 2 is 1.90 bits per heavy atom. The Morgan fingerprint density at radius 3 is 2.67 bits per heavy atom. The van der Waals surface area contributed by atoms with Crippen LogP contribution in [0.2, 0.25) is 0 Å². The second-order valence-corrected chi connectivity index (χ2v) is 9.55. The van der Waals surface area contributed by atoms with Crippen molar-refractivity contribution in [1.82, 2.24) is 20.3 Å². The number of carbonyl (C=O) groups excluding carboxylic acids is 2. The van der Waals surface area contributed by atoms with Crippen LogP contribution in [0.15, 0.2) is 30.6 Å². The quantitative estimate of drug-likeness (QED) is 0.645. The maximum atomic E-state index is 12.5. The van der Waals surface area contributed by atoms with Crippen molar-refractivity contribution in [2.24, 2.45) is 5.41 Å². The zero-order chi connectivity index (χ0) is 20.9. The first-order valence-electron chi connectivity index (χ1n) is 10.0. The van der Waals surface area contributed by atoms with Crippen LogP contribution < -0.4 is 5.32 Å². The SMILES string of the molecule is COC(=O)c1cc(C(=O)NC2CC3(C2)CC(c2nc4cc(C)ccc4s2)C3)ncn1. The van der Waals surface area contributed by atoms with Crippen LogP contribution in [0.3, 0.4) is 0 Å². The monoisotopic (exact) mass is 422 g/mol. The maximum absolute atomic E-state index is 12.5. The van der Waals surface area contributed by atoms with Gasteiger partial charge in [0.1, 0.15) is 12.0 Å². The van der Waals surface area contributed by atoms with Crippen LogP contribution in [0, 0.1) is 12.3 Å². The van der Waals surface area contributed by atoms with Gasteiger partial charge in [-0.05, 0) is 55.7 Å². The predicted octanol–water partition coefficient (Wildman–Crippen LogP) is 3.64. The Balaban J connectivity index is 1.16. The van der Waals surface area contributed by atoms with Crippen molar-refractivity contribution >= 4 is 33.4 Å². The van der Waals surface area contributed by atoms with Crippen LogP contribution in [-0.4, -0.2) is 40.0 Å². The molecule has 2 aliphatic carbocycles. The Kier molecular flexibility index (Phi) is 4.54. The number of aromatic nitrogens is 3. The second kappa shape index (κ2) is 7.12. The van der Waals surface area contributed by atoms with Crippen molar-refractivity contribution in [1.29, 1.82) is 0 Å². The minimum atomic E-state index is -0.584. The van der Waals surface area contributed by atoms with Gasteiger partial charge in [0.15, 0.2) is 5.69 Å². The Labute approximate surface area is 177 Å². The van der Waals surface area contributed by atoms with E-state index in [1.807, 2.05) is 0 Å². The van der Waals surface area contributed by atoms with Gasteiger partial charge in [-0.15, -0.1) is 11.3 Å². The third-order valence-electron chi connectivity index (χ3n) is 6.26. The lowest BCUT2D eigenvalue weighted by Gasteiger charge is -2.57. The van der Waals surface area contributed by atoms with Crippen LogP contribution in [0.5, 0.6) is 0 Å². The topological polar surface area (TPSA) is 94.1 Å². The maximum Gasteiger partial charge on any atom is 0.356 e. The average molecular weight is 423 g/mol. The Morgan fingerprint density at radius 1 is 1.13 bits per heavy atom. The van der Waals surface area contributed by atoms with E-state index in [1.165, 1.54) is 34.8 Å². The molecule has 30 heavy (non-hydrogen) atoms. The number of thiazole rings is 1. The third kappa shape index (κ3) is 3.35. The summed E-state index contributed by atoms with van der Waals surface area (Å²) in [6, 6.07) is 7.96. The highest BCUT2D eigenvalue weighted by atomic mass is 32.1. The lowest BCUT2D eigenvalue weighted by molar-refractivity contribution is -0.0188. The number of hydrogen-bond acceptors (Lipinski definition) is 7. The molecule has 2 fully saturated rings. The number of esters is 1. The van der Waals surface area contributed by atoms with E-state index in [0.717, 1.165) is 31.2 Å². The molecule has 2 heterocycles. The summed E-state index contributed by atoms with van der Waals surface area (Å²) in [6.07, 6.45) is 5.44. The summed E-state index contributed by atoms with van der Waals surface area (Å²) in [7, 11) is 1.28. The lowest BCUT2D eigenvalue weighted by Crippen LogP contribution is -2.55. The van der Waals surface area contributed by atoms with E-state index in [4.69, 9.17) is 4.98 Å². The number of benzene rings is 1. The predicted molar refractivity (Wildman–Crippen MR) is 113 cm³/mol. The Hall–Kier alpha value is -2.87. The first-order valence-corrected chi connectivity index (χ1v) is 10.8. The minimum Gasteiger partial charge on any atom is -0.464 e. The molecule has 3 aromatic rings. The van der Waals surface area contributed by atoms with Crippen molar-refractivity contribution in [3.63, 3.8) is 0 Å². The van der Waals surface area contributed by atoms with E-state index in [0.29, 0.717) is 11.3 Å². The molecule has 0 atom stereocenters. The molecule has 154 valence electrons. The number of rotatable bonds is 4. The molecule has 7 nitrogen and oxygen atoms in total. The molecule has 1 N–H and O–H groups in total. The summed E-state index contributed by atoms with van der Waals surface area (Å²) in [6.45, 7) is 2.09. The van der Waals surface area contributed by atoms with Gasteiger partial charge in [-0.3, -0.25) is 4.79 Å². The van der Waals surface area contributed by atoms with E-state index >= 15 is 0 Å². The molecule has 1 amide bonds. The van der Waals surface area contributed by atoms with Crippen molar-refractivity contribution in [3.8, 4) is 0 Å². The first-order chi connectivity index (χ1) is 14.4. The summed E-state index contributed by atoms with van der Waals surface area (Å²) in [5.74, 6) is -0.330. The zero-order valence-corrected chi connectivity index (χ0v) is 17.7. The fraction of sp³-hybridized carbons (Fsp3) is 0.409. The van der Waals surface area contributed by atoms with Crippen molar-refractivity contribution < 1.29 is 14.3 Å². The van der Waals surface area contributed by atoms with E-state index in [-0.39, 0.29) is 23.3 Å². The standard InChI is InChI=1S/C22H22N4O3S/c1-12-3-4-18-15(5-12)26-20(30-18)13-7-22(8-13)9-14(10-22)25-19(27)16-6-17(21(28)29-2)24-11-23-16/h3-6,11,13-14H,7-10H2,1-2H3,(H,25,27). The smallest absolute Gasteiger partial charge is 0.356 e. The summed E-state index contributed by atoms with van der Waals surface area (Å²) >= 11 is 1.81. The molecule has 0 radical (unpaired) electrons. The van der Waals surface area contributed by atoms with Crippen LogP contribution in [0.1, 0.15) is 63.1 Å². The molecule has 0 bridgehead atoms. The zero-order valence-electron chi connectivity index (χ0n) is 16.8. The Bertz CT molecular complexity index is 1140. The molecule has 0 saturated heterocycles. The molecule has 8 heteroatoms. The number of fused-ring (bicyclic) bond motifs is 1. The van der Waals surface area contributed by atoms with Crippen molar-refractivity contribution in [2.75, 3.05) is 7.11 Å². The second-order valence-electron chi connectivity index (χ2n) is 8.49. The molecule has 0 unspecified atom stereocenters. The lowest BCUT2D eigenvalue weighted by atomic mass is 9.50. The van der Waals surface area contributed by atoms with Gasteiger partial charge in [-0.25, -0.2) is 19.7 Å². The van der Waals surface area contributed by atoms with E-state index in [9.17, 15) is 9.59 Å². The molecular weight excluding hydrogens is 400 g/mol. The highest BCUT2D eigenvalue weighted by Crippen LogP contribution is 2.62. The van der Waals surface area contributed by atoms with Gasteiger partial charge in [0.05, 0.1) is 22.3 Å². The van der Waals surface area contributed by atoms with Crippen molar-refractivity contribution in [2.45, 2.75) is 44.6 Å². The molecule has 2 saturated carbocycles. The number of carbonyl (C=O) groups is 2. The molecule has 1 aromatic carbocycles. The average Bonchev–Trinajstić information content (AvgIpc) is 3.10. The van der Waals surface area contributed by atoms with Gasteiger partial charge >= 0.3 is 5.97 Å². The van der Waals surface area contributed by atoms with Crippen LogP contribution >= 0.6 is 11.3 Å². The van der Waals surface area contributed by atoms with Gasteiger partial charge in [0, 0.05) is 18.0 Å². The van der Waals surface area contributed by atoms with Gasteiger partial charge in [-0.1, -0.05) is 6.07 Å².